The largest absolute Gasteiger partial charge is 0.361 e. The zero-order chi connectivity index (χ0) is 17.3. The third-order valence-corrected chi connectivity index (χ3v) is 6.21. The number of benzene rings is 1. The maximum absolute atomic E-state index is 13.2. The lowest BCUT2D eigenvalue weighted by Crippen LogP contribution is -2.48. The lowest BCUT2D eigenvalue weighted by molar-refractivity contribution is 0.177. The van der Waals surface area contributed by atoms with Crippen LogP contribution in [0.5, 0.6) is 0 Å². The molecule has 0 saturated carbocycles. The van der Waals surface area contributed by atoms with Gasteiger partial charge in [-0.15, -0.1) is 0 Å². The third-order valence-electron chi connectivity index (χ3n) is 4.15. The molecule has 0 atom stereocenters. The summed E-state index contributed by atoms with van der Waals surface area (Å²) in [7, 11) is -3.60. The van der Waals surface area contributed by atoms with E-state index in [0.29, 0.717) is 38.3 Å². The summed E-state index contributed by atoms with van der Waals surface area (Å²) in [5.74, 6) is 0.331. The van der Waals surface area contributed by atoms with Crippen molar-refractivity contribution in [2.45, 2.75) is 25.3 Å². The second-order valence-corrected chi connectivity index (χ2v) is 7.93. The van der Waals surface area contributed by atoms with Gasteiger partial charge in [0.2, 0.25) is 10.0 Å². The first-order chi connectivity index (χ1) is 11.4. The Kier molecular flexibility index (Phi) is 4.71. The van der Waals surface area contributed by atoms with Crippen molar-refractivity contribution in [2.75, 3.05) is 26.2 Å². The van der Waals surface area contributed by atoms with Crippen molar-refractivity contribution in [2.24, 2.45) is 0 Å². The average molecular weight is 353 g/mol. The van der Waals surface area contributed by atoms with E-state index in [9.17, 15) is 12.8 Å². The Bertz CT molecular complexity index is 827. The summed E-state index contributed by atoms with van der Waals surface area (Å²) < 4.78 is 45.2. The summed E-state index contributed by atoms with van der Waals surface area (Å²) in [6, 6.07) is 5.65. The van der Waals surface area contributed by atoms with Crippen molar-refractivity contribution in [3.8, 4) is 0 Å². The van der Waals surface area contributed by atoms with Crippen molar-refractivity contribution in [1.29, 1.82) is 0 Å². The van der Waals surface area contributed by atoms with Crippen LogP contribution in [0.3, 0.4) is 0 Å². The molecule has 1 aromatic heterocycles. The molecular formula is C16H20FN3O3S. The summed E-state index contributed by atoms with van der Waals surface area (Å²) in [5, 5.41) is 3.96. The van der Waals surface area contributed by atoms with Gasteiger partial charge >= 0.3 is 0 Å². The number of hydrogen-bond donors (Lipinski definition) is 0. The van der Waals surface area contributed by atoms with E-state index < -0.39 is 15.8 Å². The number of rotatable bonds is 4. The topological polar surface area (TPSA) is 66.7 Å². The standard InChI is InChI=1S/C16H20FN3O3S/c1-12-9-14(17)3-4-16(12)24(21,22)20-7-5-19(6-8-20)11-15-10-13(2)23-18-15/h3-4,9-10H,5-8,11H2,1-2H3. The van der Waals surface area contributed by atoms with Gasteiger partial charge in [0, 0.05) is 38.8 Å². The second-order valence-electron chi connectivity index (χ2n) is 6.02. The Morgan fingerprint density at radius 1 is 1.17 bits per heavy atom. The molecule has 0 bridgehead atoms. The highest BCUT2D eigenvalue weighted by Gasteiger charge is 2.29. The number of aryl methyl sites for hydroxylation is 2. The molecule has 1 fully saturated rings. The van der Waals surface area contributed by atoms with E-state index in [2.05, 4.69) is 10.1 Å². The van der Waals surface area contributed by atoms with Gasteiger partial charge in [-0.1, -0.05) is 5.16 Å². The molecule has 0 spiro atoms. The Balaban J connectivity index is 1.67. The summed E-state index contributed by atoms with van der Waals surface area (Å²) in [4.78, 5) is 2.31. The lowest BCUT2D eigenvalue weighted by Gasteiger charge is -2.33. The van der Waals surface area contributed by atoms with Gasteiger partial charge in [-0.05, 0) is 37.6 Å². The van der Waals surface area contributed by atoms with E-state index in [0.717, 1.165) is 11.5 Å². The van der Waals surface area contributed by atoms with E-state index >= 15 is 0 Å². The normalized spacial score (nSPS) is 17.3. The molecule has 0 aliphatic carbocycles. The lowest BCUT2D eigenvalue weighted by atomic mass is 10.2. The van der Waals surface area contributed by atoms with Crippen LogP contribution in [0, 0.1) is 19.7 Å². The van der Waals surface area contributed by atoms with Gasteiger partial charge in [-0.2, -0.15) is 4.31 Å². The Hall–Kier alpha value is -1.77. The Morgan fingerprint density at radius 2 is 1.88 bits per heavy atom. The van der Waals surface area contributed by atoms with Gasteiger partial charge in [0.15, 0.2) is 0 Å². The maximum atomic E-state index is 13.2. The molecule has 1 aliphatic heterocycles. The van der Waals surface area contributed by atoms with Crippen LogP contribution in [0.4, 0.5) is 4.39 Å². The van der Waals surface area contributed by atoms with Crippen molar-refractivity contribution in [3.63, 3.8) is 0 Å². The molecule has 0 amide bonds. The van der Waals surface area contributed by atoms with Crippen LogP contribution in [0.15, 0.2) is 33.7 Å². The van der Waals surface area contributed by atoms with Crippen LogP contribution in [0.2, 0.25) is 0 Å². The van der Waals surface area contributed by atoms with Crippen LogP contribution in [-0.2, 0) is 16.6 Å². The molecule has 2 heterocycles. The van der Waals surface area contributed by atoms with Crippen LogP contribution in [-0.4, -0.2) is 49.0 Å². The summed E-state index contributed by atoms with van der Waals surface area (Å²) in [5.41, 5.74) is 1.27. The molecular weight excluding hydrogens is 333 g/mol. The molecule has 0 unspecified atom stereocenters. The summed E-state index contributed by atoms with van der Waals surface area (Å²) >= 11 is 0. The van der Waals surface area contributed by atoms with Crippen molar-refractivity contribution in [3.05, 3.63) is 47.1 Å². The van der Waals surface area contributed by atoms with Gasteiger partial charge in [-0.3, -0.25) is 4.90 Å². The smallest absolute Gasteiger partial charge is 0.243 e. The maximum Gasteiger partial charge on any atom is 0.243 e. The molecule has 2 aromatic rings. The SMILES string of the molecule is Cc1cc(CN2CCN(S(=O)(=O)c3ccc(F)cc3C)CC2)no1. The third kappa shape index (κ3) is 3.50. The highest BCUT2D eigenvalue weighted by Crippen LogP contribution is 2.22. The monoisotopic (exact) mass is 353 g/mol. The van der Waals surface area contributed by atoms with Gasteiger partial charge < -0.3 is 4.52 Å². The van der Waals surface area contributed by atoms with Crippen molar-refractivity contribution < 1.29 is 17.3 Å². The first-order valence-electron chi connectivity index (χ1n) is 7.77. The molecule has 6 nitrogen and oxygen atoms in total. The minimum Gasteiger partial charge on any atom is -0.361 e. The number of hydrogen-bond acceptors (Lipinski definition) is 5. The predicted octanol–water partition coefficient (Wildman–Crippen LogP) is 1.94. The Labute approximate surface area is 140 Å². The zero-order valence-electron chi connectivity index (χ0n) is 13.7. The highest BCUT2D eigenvalue weighted by atomic mass is 32.2. The van der Waals surface area contributed by atoms with E-state index in [1.807, 2.05) is 13.0 Å². The molecule has 3 rings (SSSR count). The molecule has 1 aromatic carbocycles. The fourth-order valence-electron chi connectivity index (χ4n) is 2.89. The van der Waals surface area contributed by atoms with Crippen LogP contribution >= 0.6 is 0 Å². The molecule has 0 N–H and O–H groups in total. The van der Waals surface area contributed by atoms with Crippen LogP contribution < -0.4 is 0 Å². The predicted molar refractivity (Wildman–Crippen MR) is 86.4 cm³/mol. The van der Waals surface area contributed by atoms with E-state index in [-0.39, 0.29) is 4.90 Å². The fourth-order valence-corrected chi connectivity index (χ4v) is 4.52. The molecule has 8 heteroatoms. The quantitative estimate of drug-likeness (QED) is 0.840. The number of halogens is 1. The molecule has 130 valence electrons. The van der Waals surface area contributed by atoms with E-state index in [4.69, 9.17) is 4.52 Å². The highest BCUT2D eigenvalue weighted by molar-refractivity contribution is 7.89. The zero-order valence-corrected chi connectivity index (χ0v) is 14.5. The minimum absolute atomic E-state index is 0.171. The van der Waals surface area contributed by atoms with Gasteiger partial charge in [0.05, 0.1) is 10.6 Å². The van der Waals surface area contributed by atoms with Gasteiger partial charge in [-0.25, -0.2) is 12.8 Å². The van der Waals surface area contributed by atoms with Crippen molar-refractivity contribution >= 4 is 10.0 Å². The summed E-state index contributed by atoms with van der Waals surface area (Å²) in [6.45, 7) is 6.12. The van der Waals surface area contributed by atoms with Gasteiger partial charge in [0.1, 0.15) is 11.6 Å². The van der Waals surface area contributed by atoms with Crippen molar-refractivity contribution in [1.82, 2.24) is 14.4 Å². The minimum atomic E-state index is -3.60. The van der Waals surface area contributed by atoms with Crippen LogP contribution in [0.1, 0.15) is 17.0 Å². The molecule has 1 saturated heterocycles. The fraction of sp³-hybridized carbons (Fsp3) is 0.438. The van der Waals surface area contributed by atoms with E-state index in [1.165, 1.54) is 22.5 Å². The van der Waals surface area contributed by atoms with Gasteiger partial charge in [0.25, 0.3) is 0 Å². The molecule has 1 aliphatic rings. The summed E-state index contributed by atoms with van der Waals surface area (Å²) in [6.07, 6.45) is 0. The number of sulfonamides is 1. The van der Waals surface area contributed by atoms with E-state index in [1.54, 1.807) is 6.92 Å². The first kappa shape index (κ1) is 17.1. The number of nitrogens with zero attached hydrogens (tertiary/aromatic N) is 3. The Morgan fingerprint density at radius 3 is 2.46 bits per heavy atom. The number of aromatic nitrogens is 1. The average Bonchev–Trinajstić information content (AvgIpc) is 2.92. The molecule has 0 radical (unpaired) electrons. The molecule has 24 heavy (non-hydrogen) atoms. The first-order valence-corrected chi connectivity index (χ1v) is 9.21. The van der Waals surface area contributed by atoms with Crippen LogP contribution in [0.25, 0.3) is 0 Å². The second kappa shape index (κ2) is 6.62. The number of piperazine rings is 1.